The molecule has 3 rings (SSSR count). The van der Waals surface area contributed by atoms with Crippen molar-refractivity contribution in [1.82, 2.24) is 9.55 Å². The fourth-order valence-corrected chi connectivity index (χ4v) is 3.44. The number of aromatic nitrogens is 2. The van der Waals surface area contributed by atoms with Gasteiger partial charge in [-0.05, 0) is 31.0 Å². The van der Waals surface area contributed by atoms with Crippen molar-refractivity contribution >= 4 is 5.69 Å². The lowest BCUT2D eigenvalue weighted by molar-refractivity contribution is -0.137. The second-order valence-corrected chi connectivity index (χ2v) is 6.53. The fourth-order valence-electron chi connectivity index (χ4n) is 3.44. The Kier molecular flexibility index (Phi) is 4.92. The first-order valence-electron chi connectivity index (χ1n) is 8.33. The van der Waals surface area contributed by atoms with Crippen molar-refractivity contribution in [2.45, 2.75) is 25.1 Å². The van der Waals surface area contributed by atoms with E-state index in [1.807, 2.05) is 4.90 Å². The van der Waals surface area contributed by atoms with Gasteiger partial charge in [-0.3, -0.25) is 0 Å². The zero-order valence-electron chi connectivity index (χ0n) is 14.2. The Morgan fingerprint density at radius 3 is 2.77 bits per heavy atom. The molecule has 2 aromatic rings. The van der Waals surface area contributed by atoms with Crippen molar-refractivity contribution < 1.29 is 18.3 Å². The minimum Gasteiger partial charge on any atom is -0.385 e. The first-order valence-corrected chi connectivity index (χ1v) is 8.33. The molecule has 2 atom stereocenters. The predicted molar refractivity (Wildman–Crippen MR) is 89.3 cm³/mol. The van der Waals surface area contributed by atoms with Gasteiger partial charge in [0, 0.05) is 44.1 Å². The molecule has 138 valence electrons. The molecule has 1 aromatic heterocycles. The number of aryl methyl sites for hydroxylation is 1. The third-order valence-corrected chi connectivity index (χ3v) is 4.82. The number of nitriles is 1. The number of aliphatic hydroxyl groups excluding tert-OH is 1. The molecule has 2 unspecified atom stereocenters. The zero-order valence-corrected chi connectivity index (χ0v) is 14.2. The molecule has 1 aliphatic rings. The smallest absolute Gasteiger partial charge is 0.385 e. The molecular formula is C18H19F3N4O. The van der Waals surface area contributed by atoms with Crippen molar-refractivity contribution in [1.29, 1.82) is 5.26 Å². The fraction of sp³-hybridized carbons (Fsp3) is 0.444. The molecule has 2 heterocycles. The number of anilines is 1. The molecule has 26 heavy (non-hydrogen) atoms. The van der Waals surface area contributed by atoms with Crippen molar-refractivity contribution in [3.63, 3.8) is 0 Å². The molecule has 1 saturated heterocycles. The number of alkyl halides is 3. The summed E-state index contributed by atoms with van der Waals surface area (Å²) in [4.78, 5) is 6.00. The van der Waals surface area contributed by atoms with E-state index in [1.54, 1.807) is 30.1 Å². The number of nitrogens with zero attached hydrogens (tertiary/aromatic N) is 4. The lowest BCUT2D eigenvalue weighted by atomic mass is 9.91. The highest BCUT2D eigenvalue weighted by Crippen LogP contribution is 2.36. The standard InChI is InChI=1S/C18H19F3N4O/c1-24-8-6-23-17(24)16(26)13-3-2-7-25(11-13)14-5-4-12(10-22)15(9-14)18(19,20)21/h4-6,8-9,13,16,26H,2-3,7,11H2,1H3. The maximum absolute atomic E-state index is 13.2. The molecule has 1 aliphatic heterocycles. The van der Waals surface area contributed by atoms with E-state index >= 15 is 0 Å². The van der Waals surface area contributed by atoms with E-state index in [9.17, 15) is 18.3 Å². The van der Waals surface area contributed by atoms with Crippen molar-refractivity contribution in [3.8, 4) is 6.07 Å². The van der Waals surface area contributed by atoms with Gasteiger partial charge in [-0.15, -0.1) is 0 Å². The SMILES string of the molecule is Cn1ccnc1C(O)C1CCCN(c2ccc(C#N)c(C(F)(F)F)c2)C1. The molecular weight excluding hydrogens is 345 g/mol. The second kappa shape index (κ2) is 7.00. The van der Waals surface area contributed by atoms with E-state index in [0.29, 0.717) is 24.6 Å². The van der Waals surface area contributed by atoms with Gasteiger partial charge in [-0.25, -0.2) is 4.98 Å². The van der Waals surface area contributed by atoms with Crippen LogP contribution in [0, 0.1) is 17.2 Å². The summed E-state index contributed by atoms with van der Waals surface area (Å²) in [6, 6.07) is 5.35. The lowest BCUT2D eigenvalue weighted by Gasteiger charge is -2.36. The largest absolute Gasteiger partial charge is 0.417 e. The maximum atomic E-state index is 13.2. The number of piperidine rings is 1. The van der Waals surface area contributed by atoms with Crippen LogP contribution < -0.4 is 4.90 Å². The van der Waals surface area contributed by atoms with Crippen LogP contribution in [-0.4, -0.2) is 27.7 Å². The minimum absolute atomic E-state index is 0.130. The summed E-state index contributed by atoms with van der Waals surface area (Å²) >= 11 is 0. The highest BCUT2D eigenvalue weighted by molar-refractivity contribution is 5.55. The number of rotatable bonds is 3. The van der Waals surface area contributed by atoms with Crippen molar-refractivity contribution in [3.05, 3.63) is 47.5 Å². The summed E-state index contributed by atoms with van der Waals surface area (Å²) < 4.78 is 41.3. The molecule has 8 heteroatoms. The molecule has 0 aliphatic carbocycles. The Hall–Kier alpha value is -2.53. The van der Waals surface area contributed by atoms with Gasteiger partial charge < -0.3 is 14.6 Å². The average molecular weight is 364 g/mol. The van der Waals surface area contributed by atoms with E-state index < -0.39 is 17.8 Å². The van der Waals surface area contributed by atoms with E-state index in [2.05, 4.69) is 4.98 Å². The van der Waals surface area contributed by atoms with Gasteiger partial charge in [0.2, 0.25) is 0 Å². The number of benzene rings is 1. The average Bonchev–Trinajstić information content (AvgIpc) is 3.06. The monoisotopic (exact) mass is 364 g/mol. The Morgan fingerprint density at radius 2 is 2.15 bits per heavy atom. The van der Waals surface area contributed by atoms with Crippen LogP contribution in [0.1, 0.15) is 35.9 Å². The van der Waals surface area contributed by atoms with Crippen LogP contribution in [0.5, 0.6) is 0 Å². The first-order chi connectivity index (χ1) is 12.3. The van der Waals surface area contributed by atoms with Crippen LogP contribution in [0.15, 0.2) is 30.6 Å². The summed E-state index contributed by atoms with van der Waals surface area (Å²) in [5.41, 5.74) is -0.903. The van der Waals surface area contributed by atoms with E-state index in [0.717, 1.165) is 18.9 Å². The van der Waals surface area contributed by atoms with Crippen molar-refractivity contribution in [2.75, 3.05) is 18.0 Å². The maximum Gasteiger partial charge on any atom is 0.417 e. The van der Waals surface area contributed by atoms with Crippen LogP contribution in [0.3, 0.4) is 0 Å². The van der Waals surface area contributed by atoms with E-state index in [1.165, 1.54) is 12.1 Å². The molecule has 0 saturated carbocycles. The number of aliphatic hydroxyl groups is 1. The van der Waals surface area contributed by atoms with Crippen LogP contribution in [0.25, 0.3) is 0 Å². The van der Waals surface area contributed by atoms with Crippen LogP contribution in [-0.2, 0) is 13.2 Å². The number of imidazole rings is 1. The molecule has 1 N–H and O–H groups in total. The highest BCUT2D eigenvalue weighted by atomic mass is 19.4. The first kappa shape index (κ1) is 18.3. The van der Waals surface area contributed by atoms with Crippen LogP contribution in [0.2, 0.25) is 0 Å². The third kappa shape index (κ3) is 3.53. The van der Waals surface area contributed by atoms with Crippen LogP contribution >= 0.6 is 0 Å². The van der Waals surface area contributed by atoms with Gasteiger partial charge in [0.05, 0.1) is 17.2 Å². The number of hydrogen-bond donors (Lipinski definition) is 1. The van der Waals surface area contributed by atoms with E-state index in [4.69, 9.17) is 5.26 Å². The topological polar surface area (TPSA) is 65.1 Å². The summed E-state index contributed by atoms with van der Waals surface area (Å²) in [7, 11) is 1.79. The normalized spacial score (nSPS) is 19.2. The van der Waals surface area contributed by atoms with E-state index in [-0.39, 0.29) is 11.5 Å². The van der Waals surface area contributed by atoms with Crippen LogP contribution in [0.4, 0.5) is 18.9 Å². The number of hydrogen-bond acceptors (Lipinski definition) is 4. The molecule has 5 nitrogen and oxygen atoms in total. The molecule has 0 spiro atoms. The third-order valence-electron chi connectivity index (χ3n) is 4.82. The Balaban J connectivity index is 1.84. The number of halogens is 3. The summed E-state index contributed by atoms with van der Waals surface area (Å²) in [5, 5.41) is 19.5. The van der Waals surface area contributed by atoms with Gasteiger partial charge in [0.1, 0.15) is 11.9 Å². The molecule has 0 radical (unpaired) electrons. The Morgan fingerprint density at radius 1 is 1.38 bits per heavy atom. The quantitative estimate of drug-likeness (QED) is 0.908. The van der Waals surface area contributed by atoms with Gasteiger partial charge in [0.25, 0.3) is 0 Å². The van der Waals surface area contributed by atoms with Gasteiger partial charge in [0.15, 0.2) is 0 Å². The molecule has 1 fully saturated rings. The predicted octanol–water partition coefficient (Wildman–Crippen LogP) is 3.26. The van der Waals surface area contributed by atoms with Crippen molar-refractivity contribution in [2.24, 2.45) is 13.0 Å². The molecule has 1 aromatic carbocycles. The molecule has 0 bridgehead atoms. The lowest BCUT2D eigenvalue weighted by Crippen LogP contribution is -2.38. The van der Waals surface area contributed by atoms with Gasteiger partial charge >= 0.3 is 6.18 Å². The van der Waals surface area contributed by atoms with Gasteiger partial charge in [-0.2, -0.15) is 18.4 Å². The second-order valence-electron chi connectivity index (χ2n) is 6.53. The van der Waals surface area contributed by atoms with Gasteiger partial charge in [-0.1, -0.05) is 0 Å². The summed E-state index contributed by atoms with van der Waals surface area (Å²) in [5.74, 6) is 0.419. The Labute approximate surface area is 149 Å². The molecule has 0 amide bonds. The summed E-state index contributed by atoms with van der Waals surface area (Å²) in [6.07, 6.45) is -0.480. The highest BCUT2D eigenvalue weighted by Gasteiger charge is 2.35. The Bertz CT molecular complexity index is 825. The zero-order chi connectivity index (χ0) is 18.9. The minimum atomic E-state index is -4.58. The summed E-state index contributed by atoms with van der Waals surface area (Å²) in [6.45, 7) is 1.03.